The van der Waals surface area contributed by atoms with E-state index < -0.39 is 0 Å². The van der Waals surface area contributed by atoms with E-state index in [9.17, 15) is 0 Å². The van der Waals surface area contributed by atoms with Crippen molar-refractivity contribution in [1.82, 2.24) is 9.97 Å². The molecule has 0 N–H and O–H groups in total. The smallest absolute Gasteiger partial charge is 0.221 e. The second-order valence-electron chi connectivity index (χ2n) is 4.97. The average molecular weight is 307 g/mol. The summed E-state index contributed by atoms with van der Waals surface area (Å²) in [4.78, 5) is 8.66. The molecular weight excluding hydrogens is 288 g/mol. The summed E-state index contributed by atoms with van der Waals surface area (Å²) in [6.07, 6.45) is 0. The Kier molecular flexibility index (Phi) is 5.39. The lowest BCUT2D eigenvalue weighted by Gasteiger charge is -2.12. The number of nitrogens with zero attached hydrogens (tertiary/aromatic N) is 2. The first kappa shape index (κ1) is 15.6. The molecule has 0 aliphatic carbocycles. The molecule has 112 valence electrons. The van der Waals surface area contributed by atoms with E-state index in [1.54, 1.807) is 0 Å². The number of benzene rings is 1. The van der Waals surface area contributed by atoms with Gasteiger partial charge in [-0.3, -0.25) is 0 Å². The summed E-state index contributed by atoms with van der Waals surface area (Å²) in [7, 11) is 0. The molecule has 1 aromatic heterocycles. The number of aromatic nitrogens is 2. The van der Waals surface area contributed by atoms with Crippen LogP contribution in [-0.2, 0) is 0 Å². The molecule has 0 aliphatic heterocycles. The molecule has 0 aliphatic rings. The van der Waals surface area contributed by atoms with Crippen LogP contribution in [0, 0.1) is 6.92 Å². The lowest BCUT2D eigenvalue weighted by atomic mass is 10.2. The Morgan fingerprint density at radius 1 is 1.05 bits per heavy atom. The SMILES string of the molecule is Cc1c(Cl)nc(C(C)C)nc1OCCOc1ccccc1. The van der Waals surface area contributed by atoms with Crippen LogP contribution in [0.15, 0.2) is 30.3 Å². The average Bonchev–Trinajstić information content (AvgIpc) is 2.48. The molecule has 0 amide bonds. The predicted octanol–water partition coefficient (Wildman–Crippen LogP) is 4.02. The predicted molar refractivity (Wildman–Crippen MR) is 83.3 cm³/mol. The molecule has 5 heteroatoms. The maximum absolute atomic E-state index is 6.11. The minimum atomic E-state index is 0.200. The van der Waals surface area contributed by atoms with Crippen LogP contribution >= 0.6 is 11.6 Å². The molecule has 0 fully saturated rings. The number of hydrogen-bond acceptors (Lipinski definition) is 4. The standard InChI is InChI=1S/C16H19ClN2O2/c1-11(2)15-18-14(17)12(3)16(19-15)21-10-9-20-13-7-5-4-6-8-13/h4-8,11H,9-10H2,1-3H3. The summed E-state index contributed by atoms with van der Waals surface area (Å²) in [6.45, 7) is 6.73. The molecule has 0 saturated heterocycles. The van der Waals surface area contributed by atoms with Crippen LogP contribution in [0.1, 0.15) is 31.2 Å². The van der Waals surface area contributed by atoms with Gasteiger partial charge in [0.2, 0.25) is 5.88 Å². The van der Waals surface area contributed by atoms with Crippen molar-refractivity contribution in [3.8, 4) is 11.6 Å². The zero-order valence-electron chi connectivity index (χ0n) is 12.5. The highest BCUT2D eigenvalue weighted by Crippen LogP contribution is 2.24. The van der Waals surface area contributed by atoms with Crippen LogP contribution in [-0.4, -0.2) is 23.2 Å². The Labute approximate surface area is 130 Å². The summed E-state index contributed by atoms with van der Waals surface area (Å²) in [5, 5.41) is 0.438. The van der Waals surface area contributed by atoms with Gasteiger partial charge < -0.3 is 9.47 Å². The minimum Gasteiger partial charge on any atom is -0.490 e. The molecule has 2 aromatic rings. The molecule has 0 saturated carbocycles. The third-order valence-electron chi connectivity index (χ3n) is 2.91. The van der Waals surface area contributed by atoms with Gasteiger partial charge in [-0.15, -0.1) is 0 Å². The van der Waals surface area contributed by atoms with Crippen LogP contribution < -0.4 is 9.47 Å². The van der Waals surface area contributed by atoms with Gasteiger partial charge in [0.1, 0.15) is 29.9 Å². The van der Waals surface area contributed by atoms with Crippen molar-refractivity contribution in [2.24, 2.45) is 0 Å². The zero-order chi connectivity index (χ0) is 15.2. The lowest BCUT2D eigenvalue weighted by Crippen LogP contribution is -2.12. The van der Waals surface area contributed by atoms with E-state index in [-0.39, 0.29) is 5.92 Å². The first-order chi connectivity index (χ1) is 10.1. The van der Waals surface area contributed by atoms with E-state index in [1.165, 1.54) is 0 Å². The highest BCUT2D eigenvalue weighted by molar-refractivity contribution is 6.30. The number of para-hydroxylation sites is 1. The minimum absolute atomic E-state index is 0.200. The van der Waals surface area contributed by atoms with Gasteiger partial charge in [-0.1, -0.05) is 43.6 Å². The monoisotopic (exact) mass is 306 g/mol. The zero-order valence-corrected chi connectivity index (χ0v) is 13.2. The summed E-state index contributed by atoms with van der Waals surface area (Å²) in [5.41, 5.74) is 0.751. The number of halogens is 1. The van der Waals surface area contributed by atoms with Crippen molar-refractivity contribution in [1.29, 1.82) is 0 Å². The first-order valence-electron chi connectivity index (χ1n) is 6.92. The molecule has 4 nitrogen and oxygen atoms in total. The van der Waals surface area contributed by atoms with Crippen molar-refractivity contribution in [3.05, 3.63) is 46.9 Å². The summed E-state index contributed by atoms with van der Waals surface area (Å²) in [6, 6.07) is 9.62. The van der Waals surface area contributed by atoms with Crippen molar-refractivity contribution in [3.63, 3.8) is 0 Å². The Hall–Kier alpha value is -1.81. The van der Waals surface area contributed by atoms with E-state index >= 15 is 0 Å². The van der Waals surface area contributed by atoms with Gasteiger partial charge in [-0.2, -0.15) is 4.98 Å². The van der Waals surface area contributed by atoms with Crippen molar-refractivity contribution in [2.45, 2.75) is 26.7 Å². The van der Waals surface area contributed by atoms with E-state index in [1.807, 2.05) is 51.1 Å². The van der Waals surface area contributed by atoms with Crippen LogP contribution in [0.25, 0.3) is 0 Å². The van der Waals surface area contributed by atoms with Gasteiger partial charge in [0, 0.05) is 11.5 Å². The van der Waals surface area contributed by atoms with Gasteiger partial charge in [0.05, 0.1) is 0 Å². The maximum Gasteiger partial charge on any atom is 0.221 e. The molecule has 0 atom stereocenters. The second kappa shape index (κ2) is 7.27. The molecule has 1 aromatic carbocycles. The van der Waals surface area contributed by atoms with Gasteiger partial charge in [0.15, 0.2) is 0 Å². The highest BCUT2D eigenvalue weighted by atomic mass is 35.5. The van der Waals surface area contributed by atoms with Gasteiger partial charge >= 0.3 is 0 Å². The Bertz CT molecular complexity index is 588. The molecule has 0 radical (unpaired) electrons. The van der Waals surface area contributed by atoms with Gasteiger partial charge in [0.25, 0.3) is 0 Å². The number of ether oxygens (including phenoxy) is 2. The summed E-state index contributed by atoms with van der Waals surface area (Å²) < 4.78 is 11.2. The van der Waals surface area contributed by atoms with Crippen LogP contribution in [0.2, 0.25) is 5.15 Å². The van der Waals surface area contributed by atoms with E-state index in [0.29, 0.717) is 30.1 Å². The van der Waals surface area contributed by atoms with Crippen LogP contribution in [0.4, 0.5) is 0 Å². The van der Waals surface area contributed by atoms with Crippen molar-refractivity contribution in [2.75, 3.05) is 13.2 Å². The van der Waals surface area contributed by atoms with Crippen molar-refractivity contribution < 1.29 is 9.47 Å². The first-order valence-corrected chi connectivity index (χ1v) is 7.30. The molecule has 0 unspecified atom stereocenters. The molecule has 1 heterocycles. The highest BCUT2D eigenvalue weighted by Gasteiger charge is 2.12. The largest absolute Gasteiger partial charge is 0.490 e. The molecule has 2 rings (SSSR count). The van der Waals surface area contributed by atoms with E-state index in [4.69, 9.17) is 21.1 Å². The number of hydrogen-bond donors (Lipinski definition) is 0. The third-order valence-corrected chi connectivity index (χ3v) is 3.28. The topological polar surface area (TPSA) is 44.2 Å². The fourth-order valence-corrected chi connectivity index (χ4v) is 1.87. The van der Waals surface area contributed by atoms with Crippen LogP contribution in [0.5, 0.6) is 11.6 Å². The van der Waals surface area contributed by atoms with Gasteiger partial charge in [-0.05, 0) is 19.1 Å². The van der Waals surface area contributed by atoms with Gasteiger partial charge in [-0.25, -0.2) is 4.98 Å². The maximum atomic E-state index is 6.11. The quantitative estimate of drug-likeness (QED) is 0.597. The molecule has 0 spiro atoms. The van der Waals surface area contributed by atoms with Crippen molar-refractivity contribution >= 4 is 11.6 Å². The normalized spacial score (nSPS) is 10.7. The lowest BCUT2D eigenvalue weighted by molar-refractivity contribution is 0.210. The molecule has 0 bridgehead atoms. The summed E-state index contributed by atoms with van der Waals surface area (Å²) in [5.74, 6) is 2.23. The Balaban J connectivity index is 1.93. The fourth-order valence-electron chi connectivity index (χ4n) is 1.70. The molecule has 21 heavy (non-hydrogen) atoms. The fraction of sp³-hybridized carbons (Fsp3) is 0.375. The Morgan fingerprint density at radius 2 is 1.71 bits per heavy atom. The van der Waals surface area contributed by atoms with Crippen LogP contribution in [0.3, 0.4) is 0 Å². The van der Waals surface area contributed by atoms with E-state index in [0.717, 1.165) is 11.3 Å². The summed E-state index contributed by atoms with van der Waals surface area (Å²) >= 11 is 6.11. The molecular formula is C16H19ClN2O2. The van der Waals surface area contributed by atoms with E-state index in [2.05, 4.69) is 9.97 Å². The number of rotatable bonds is 6. The second-order valence-corrected chi connectivity index (χ2v) is 5.33. The third kappa shape index (κ3) is 4.33. The Morgan fingerprint density at radius 3 is 2.38 bits per heavy atom.